The molecule has 1 aliphatic rings. The highest BCUT2D eigenvalue weighted by Crippen LogP contribution is 2.39. The fourth-order valence-corrected chi connectivity index (χ4v) is 5.47. The number of piperazine rings is 1. The minimum atomic E-state index is -0.713. The van der Waals surface area contributed by atoms with E-state index < -0.39 is 11.5 Å². The number of amides is 1. The molecule has 0 saturated carbocycles. The number of phenols is 1. The Labute approximate surface area is 241 Å². The lowest BCUT2D eigenvalue weighted by Crippen LogP contribution is -2.54. The summed E-state index contributed by atoms with van der Waals surface area (Å²) < 4.78 is 16.3. The number of anilines is 1. The van der Waals surface area contributed by atoms with E-state index in [1.54, 1.807) is 11.0 Å². The van der Waals surface area contributed by atoms with E-state index in [1.165, 1.54) is 28.8 Å². The molecule has 5 rings (SSSR count). The minimum Gasteiger partial charge on any atom is -0.507 e. The van der Waals surface area contributed by atoms with Crippen LogP contribution in [0.25, 0.3) is 28.1 Å². The molecule has 1 aromatic carbocycles. The number of carbonyl (C=O) groups excluding carboxylic acids is 1. The van der Waals surface area contributed by atoms with E-state index in [1.807, 2.05) is 44.7 Å². The number of hydrogen-bond acceptors (Lipinski definition) is 7. The topological polar surface area (TPSA) is 104 Å². The van der Waals surface area contributed by atoms with Gasteiger partial charge in [0.25, 0.3) is 0 Å². The molecule has 4 aromatic rings. The van der Waals surface area contributed by atoms with E-state index in [9.17, 15) is 19.1 Å². The van der Waals surface area contributed by atoms with Crippen molar-refractivity contribution in [2.24, 2.45) is 0 Å². The smallest absolute Gasteiger partial charge is 0.357 e. The van der Waals surface area contributed by atoms with Gasteiger partial charge >= 0.3 is 5.69 Å². The molecular weight excluding hydrogens is 547 g/mol. The molecule has 0 aliphatic carbocycles. The number of aromatic nitrogens is 4. The van der Waals surface area contributed by atoms with Gasteiger partial charge in [-0.1, -0.05) is 44.2 Å². The Morgan fingerprint density at radius 2 is 1.93 bits per heavy atom. The lowest BCUT2D eigenvalue weighted by Gasteiger charge is -2.40. The molecule has 1 atom stereocenters. The van der Waals surface area contributed by atoms with Gasteiger partial charge in [0.1, 0.15) is 23.2 Å². The average Bonchev–Trinajstić information content (AvgIpc) is 2.92. The molecule has 4 heterocycles. The summed E-state index contributed by atoms with van der Waals surface area (Å²) in [5.74, 6) is -0.503. The third-order valence-electron chi connectivity index (χ3n) is 7.29. The van der Waals surface area contributed by atoms with Crippen molar-refractivity contribution in [2.45, 2.75) is 39.7 Å². The Morgan fingerprint density at radius 3 is 2.59 bits per heavy atom. The molecule has 0 unspecified atom stereocenters. The molecule has 0 radical (unpaired) electrons. The maximum atomic E-state index is 15.0. The molecule has 1 aliphatic heterocycles. The van der Waals surface area contributed by atoms with Gasteiger partial charge in [0.05, 0.1) is 21.7 Å². The summed E-state index contributed by atoms with van der Waals surface area (Å²) >= 11 is 6.70. The summed E-state index contributed by atoms with van der Waals surface area (Å²) in [5, 5.41) is 11.1. The number of halogens is 2. The van der Waals surface area contributed by atoms with Gasteiger partial charge in [-0.15, -0.1) is 0 Å². The average molecular weight is 577 g/mol. The molecule has 3 aromatic heterocycles. The number of hydrogen-bond donors (Lipinski definition) is 1. The van der Waals surface area contributed by atoms with Crippen molar-refractivity contribution in [1.82, 2.24) is 24.4 Å². The van der Waals surface area contributed by atoms with Crippen molar-refractivity contribution in [1.29, 1.82) is 0 Å². The van der Waals surface area contributed by atoms with Gasteiger partial charge in [0.2, 0.25) is 5.91 Å². The molecule has 1 amide bonds. The summed E-state index contributed by atoms with van der Waals surface area (Å²) in [6.45, 7) is 12.5. The second-order valence-corrected chi connectivity index (χ2v) is 10.8. The third kappa shape index (κ3) is 5.04. The number of aromatic hydroxyl groups is 1. The van der Waals surface area contributed by atoms with Gasteiger partial charge in [-0.3, -0.25) is 4.79 Å². The van der Waals surface area contributed by atoms with E-state index >= 15 is 0 Å². The number of phenolic OH excluding ortho intramolecular Hbond substituents is 1. The predicted octanol–water partition coefficient (Wildman–Crippen LogP) is 5.00. The van der Waals surface area contributed by atoms with Crippen LogP contribution in [0.2, 0.25) is 5.02 Å². The van der Waals surface area contributed by atoms with Gasteiger partial charge in [-0.25, -0.2) is 23.7 Å². The molecule has 0 spiro atoms. The van der Waals surface area contributed by atoms with Gasteiger partial charge in [0, 0.05) is 31.4 Å². The third-order valence-corrected chi connectivity index (χ3v) is 7.58. The van der Waals surface area contributed by atoms with Crippen LogP contribution in [0.1, 0.15) is 37.9 Å². The molecule has 9 nitrogen and oxygen atoms in total. The number of nitrogens with zero attached hydrogens (tertiary/aromatic N) is 6. The fraction of sp³-hybridized carbons (Fsp3) is 0.300. The predicted molar refractivity (Wildman–Crippen MR) is 157 cm³/mol. The van der Waals surface area contributed by atoms with Gasteiger partial charge < -0.3 is 14.9 Å². The van der Waals surface area contributed by atoms with Crippen LogP contribution in [0.4, 0.5) is 10.2 Å². The highest BCUT2D eigenvalue weighted by Gasteiger charge is 2.30. The van der Waals surface area contributed by atoms with Crippen molar-refractivity contribution >= 4 is 34.4 Å². The summed E-state index contributed by atoms with van der Waals surface area (Å²) in [5.41, 5.74) is 0.828. The Kier molecular flexibility index (Phi) is 7.52. The van der Waals surface area contributed by atoms with Crippen LogP contribution in [-0.4, -0.2) is 61.1 Å². The summed E-state index contributed by atoms with van der Waals surface area (Å²) in [6, 6.07) is 9.09. The quantitative estimate of drug-likeness (QED) is 0.334. The van der Waals surface area contributed by atoms with Gasteiger partial charge in [-0.2, -0.15) is 4.98 Å². The maximum Gasteiger partial charge on any atom is 0.357 e. The highest BCUT2D eigenvalue weighted by atomic mass is 35.5. The van der Waals surface area contributed by atoms with Crippen molar-refractivity contribution in [3.05, 3.63) is 81.6 Å². The number of carbonyl (C=O) groups is 1. The molecule has 41 heavy (non-hydrogen) atoms. The Balaban J connectivity index is 1.82. The first-order chi connectivity index (χ1) is 19.5. The summed E-state index contributed by atoms with van der Waals surface area (Å²) in [4.78, 5) is 43.7. The number of pyridine rings is 2. The summed E-state index contributed by atoms with van der Waals surface area (Å²) in [7, 11) is 0. The summed E-state index contributed by atoms with van der Waals surface area (Å²) in [6.07, 6.45) is 1.28. The van der Waals surface area contributed by atoms with Crippen molar-refractivity contribution in [3.8, 4) is 22.8 Å². The van der Waals surface area contributed by atoms with Crippen LogP contribution in [0.3, 0.4) is 0 Å². The van der Waals surface area contributed by atoms with Crippen LogP contribution >= 0.6 is 11.6 Å². The van der Waals surface area contributed by atoms with Gasteiger partial charge in [-0.05, 0) is 55.7 Å². The molecule has 212 valence electrons. The molecule has 1 saturated heterocycles. The maximum absolute atomic E-state index is 15.0. The highest BCUT2D eigenvalue weighted by molar-refractivity contribution is 6.34. The zero-order valence-corrected chi connectivity index (χ0v) is 24.0. The van der Waals surface area contributed by atoms with Crippen molar-refractivity contribution in [2.75, 3.05) is 24.5 Å². The number of aryl methyl sites for hydroxylation is 1. The van der Waals surface area contributed by atoms with Crippen LogP contribution in [0.15, 0.2) is 53.8 Å². The number of benzene rings is 1. The normalized spacial score (nSPS) is 15.5. The lowest BCUT2D eigenvalue weighted by molar-refractivity contribution is -0.126. The first kappa shape index (κ1) is 28.2. The van der Waals surface area contributed by atoms with E-state index in [0.29, 0.717) is 42.4 Å². The Morgan fingerprint density at radius 1 is 1.17 bits per heavy atom. The standard InChI is InChI=1S/C30H30ClFN6O3/c1-6-24(40)36-12-13-37(18(5)15-36)27-20-14-21(31)26(25-22(32)8-7-9-23(25)39)34-29(20)38(30(41)35-27)28-19(16(2)3)11-10-17(4)33-28/h6-11,14,16,18,39H,1,12-13,15H2,2-5H3/t18-/m0/s1. The van der Waals surface area contributed by atoms with E-state index in [-0.39, 0.29) is 45.5 Å². The van der Waals surface area contributed by atoms with Crippen molar-refractivity contribution in [3.63, 3.8) is 0 Å². The molecular formula is C30H30ClFN6O3. The van der Waals surface area contributed by atoms with Crippen LogP contribution < -0.4 is 10.6 Å². The largest absolute Gasteiger partial charge is 0.507 e. The van der Waals surface area contributed by atoms with Gasteiger partial charge in [0.15, 0.2) is 5.65 Å². The van der Waals surface area contributed by atoms with Crippen LogP contribution in [0, 0.1) is 12.7 Å². The Bertz CT molecular complexity index is 1730. The van der Waals surface area contributed by atoms with Crippen LogP contribution in [0.5, 0.6) is 5.75 Å². The van der Waals surface area contributed by atoms with E-state index in [2.05, 4.69) is 11.6 Å². The lowest BCUT2D eigenvalue weighted by atomic mass is 10.0. The van der Waals surface area contributed by atoms with Crippen molar-refractivity contribution < 1.29 is 14.3 Å². The second-order valence-electron chi connectivity index (χ2n) is 10.4. The molecule has 1 fully saturated rings. The number of rotatable bonds is 5. The Hall–Kier alpha value is -4.31. The first-order valence-electron chi connectivity index (χ1n) is 13.3. The van der Waals surface area contributed by atoms with E-state index in [0.717, 1.165) is 5.56 Å². The molecule has 0 bridgehead atoms. The zero-order chi connectivity index (χ0) is 29.6. The fourth-order valence-electron chi connectivity index (χ4n) is 5.22. The zero-order valence-electron chi connectivity index (χ0n) is 23.2. The molecule has 1 N–H and O–H groups in total. The number of fused-ring (bicyclic) bond motifs is 1. The monoisotopic (exact) mass is 576 g/mol. The minimum absolute atomic E-state index is 0.0117. The SMILES string of the molecule is C=CC(=O)N1CCN(c2nc(=O)n(-c3nc(C)ccc3C(C)C)c3nc(-c4c(O)cccc4F)c(Cl)cc23)[C@@H](C)C1. The first-order valence-corrected chi connectivity index (χ1v) is 13.7. The van der Waals surface area contributed by atoms with Crippen LogP contribution in [-0.2, 0) is 4.79 Å². The second kappa shape index (κ2) is 10.9. The molecule has 11 heteroatoms. The van der Waals surface area contributed by atoms with E-state index in [4.69, 9.17) is 21.6 Å².